The van der Waals surface area contributed by atoms with E-state index >= 15 is 0 Å². The summed E-state index contributed by atoms with van der Waals surface area (Å²) in [7, 11) is 0. The highest BCUT2D eigenvalue weighted by atomic mass is 16.2. The molecule has 1 N–H and O–H groups in total. The molecule has 1 saturated heterocycles. The molecule has 1 atom stereocenters. The van der Waals surface area contributed by atoms with Crippen LogP contribution in [0.2, 0.25) is 0 Å². The summed E-state index contributed by atoms with van der Waals surface area (Å²) in [6.07, 6.45) is 2.28. The van der Waals surface area contributed by atoms with Crippen molar-refractivity contribution in [2.24, 2.45) is 0 Å². The summed E-state index contributed by atoms with van der Waals surface area (Å²) in [4.78, 5) is 28.0. The Kier molecular flexibility index (Phi) is 4.98. The smallest absolute Gasteiger partial charge is 0.318 e. The number of urea groups is 1. The molecule has 112 valence electrons. The van der Waals surface area contributed by atoms with Crippen molar-refractivity contribution in [3.8, 4) is 0 Å². The van der Waals surface area contributed by atoms with E-state index in [1.807, 2.05) is 37.3 Å². The van der Waals surface area contributed by atoms with E-state index in [2.05, 4.69) is 11.9 Å². The normalized spacial score (nSPS) is 17.7. The van der Waals surface area contributed by atoms with Gasteiger partial charge in [-0.05, 0) is 25.5 Å². The second kappa shape index (κ2) is 6.92. The molecule has 0 aromatic heterocycles. The number of rotatable bonds is 5. The van der Waals surface area contributed by atoms with Crippen LogP contribution in [0, 0.1) is 0 Å². The molecule has 1 fully saturated rings. The largest absolute Gasteiger partial charge is 0.335 e. The van der Waals surface area contributed by atoms with E-state index in [1.54, 1.807) is 15.9 Å². The van der Waals surface area contributed by atoms with E-state index in [0.29, 0.717) is 26.1 Å². The number of amides is 3. The molecule has 1 aromatic rings. The van der Waals surface area contributed by atoms with E-state index in [4.69, 9.17) is 0 Å². The molecule has 1 heterocycles. The van der Waals surface area contributed by atoms with Gasteiger partial charge >= 0.3 is 6.03 Å². The summed E-state index contributed by atoms with van der Waals surface area (Å²) in [5, 5.41) is 2.73. The second-order valence-electron chi connectivity index (χ2n) is 4.89. The fourth-order valence-electron chi connectivity index (χ4n) is 2.58. The van der Waals surface area contributed by atoms with Crippen LogP contribution in [0.1, 0.15) is 13.3 Å². The summed E-state index contributed by atoms with van der Waals surface area (Å²) in [6.45, 7) is 7.00. The van der Waals surface area contributed by atoms with Crippen molar-refractivity contribution in [2.75, 3.05) is 24.5 Å². The summed E-state index contributed by atoms with van der Waals surface area (Å²) in [5.41, 5.74) is 0.882. The van der Waals surface area contributed by atoms with Crippen LogP contribution in [0.4, 0.5) is 10.5 Å². The molecule has 2 rings (SSSR count). The first-order chi connectivity index (χ1) is 10.2. The molecular weight excluding hydrogens is 266 g/mol. The van der Waals surface area contributed by atoms with Gasteiger partial charge in [-0.15, -0.1) is 6.58 Å². The Morgan fingerprint density at radius 1 is 1.48 bits per heavy atom. The maximum atomic E-state index is 12.6. The van der Waals surface area contributed by atoms with Crippen molar-refractivity contribution < 1.29 is 9.59 Å². The Hall–Kier alpha value is -2.30. The van der Waals surface area contributed by atoms with Crippen LogP contribution in [-0.4, -0.2) is 42.5 Å². The molecule has 21 heavy (non-hydrogen) atoms. The van der Waals surface area contributed by atoms with Crippen LogP contribution in [0.25, 0.3) is 0 Å². The molecule has 0 radical (unpaired) electrons. The average Bonchev–Trinajstić information content (AvgIpc) is 2.89. The number of nitrogens with zero attached hydrogens (tertiary/aromatic N) is 2. The van der Waals surface area contributed by atoms with Gasteiger partial charge in [0.25, 0.3) is 0 Å². The highest BCUT2D eigenvalue weighted by Crippen LogP contribution is 2.24. The van der Waals surface area contributed by atoms with Gasteiger partial charge in [0.15, 0.2) is 0 Å². The van der Waals surface area contributed by atoms with Crippen molar-refractivity contribution in [3.63, 3.8) is 0 Å². The van der Waals surface area contributed by atoms with Gasteiger partial charge in [-0.2, -0.15) is 0 Å². The number of hydrogen-bond acceptors (Lipinski definition) is 2. The number of para-hydroxylation sites is 1. The first-order valence-corrected chi connectivity index (χ1v) is 7.20. The van der Waals surface area contributed by atoms with Gasteiger partial charge < -0.3 is 15.1 Å². The lowest BCUT2D eigenvalue weighted by Crippen LogP contribution is -2.49. The van der Waals surface area contributed by atoms with Gasteiger partial charge in [0, 0.05) is 25.3 Å². The number of benzene rings is 1. The number of nitrogens with one attached hydrogen (secondary N) is 1. The highest BCUT2D eigenvalue weighted by Gasteiger charge is 2.38. The molecule has 0 saturated carbocycles. The van der Waals surface area contributed by atoms with Crippen LogP contribution in [0.5, 0.6) is 0 Å². The standard InChI is InChI=1S/C16H21N3O2/c1-3-11-17-16(21)18(4-2)14-10-12-19(15(14)20)13-8-6-5-7-9-13/h3,5-9,14H,1,4,10-12H2,2H3,(H,17,21)/t14-/m0/s1. The lowest BCUT2D eigenvalue weighted by atomic mass is 10.2. The molecule has 3 amide bonds. The fourth-order valence-corrected chi connectivity index (χ4v) is 2.58. The van der Waals surface area contributed by atoms with Crippen molar-refractivity contribution in [1.29, 1.82) is 0 Å². The van der Waals surface area contributed by atoms with Crippen LogP contribution in [0.3, 0.4) is 0 Å². The van der Waals surface area contributed by atoms with Crippen LogP contribution in [-0.2, 0) is 4.79 Å². The molecule has 1 aliphatic rings. The quantitative estimate of drug-likeness (QED) is 0.842. The first-order valence-electron chi connectivity index (χ1n) is 7.20. The Balaban J connectivity index is 2.09. The molecule has 0 unspecified atom stereocenters. The van der Waals surface area contributed by atoms with E-state index in [0.717, 1.165) is 5.69 Å². The summed E-state index contributed by atoms with van der Waals surface area (Å²) >= 11 is 0. The van der Waals surface area contributed by atoms with Gasteiger partial charge in [-0.3, -0.25) is 4.79 Å². The number of likely N-dealkylation sites (N-methyl/N-ethyl adjacent to an activating group) is 1. The number of anilines is 1. The molecule has 0 spiro atoms. The minimum atomic E-state index is -0.389. The third-order valence-electron chi connectivity index (χ3n) is 3.62. The molecule has 0 bridgehead atoms. The van der Waals surface area contributed by atoms with Gasteiger partial charge in [0.05, 0.1) is 0 Å². The number of carbonyl (C=O) groups is 2. The van der Waals surface area contributed by atoms with Crippen molar-refractivity contribution in [2.45, 2.75) is 19.4 Å². The second-order valence-corrected chi connectivity index (χ2v) is 4.89. The Bertz CT molecular complexity index is 516. The third kappa shape index (κ3) is 3.24. The minimum Gasteiger partial charge on any atom is -0.335 e. The van der Waals surface area contributed by atoms with Crippen LogP contribution < -0.4 is 10.2 Å². The molecule has 1 aliphatic heterocycles. The van der Waals surface area contributed by atoms with Crippen molar-refractivity contribution in [3.05, 3.63) is 43.0 Å². The Morgan fingerprint density at radius 3 is 2.81 bits per heavy atom. The predicted molar refractivity (Wildman–Crippen MR) is 83.2 cm³/mol. The highest BCUT2D eigenvalue weighted by molar-refractivity contribution is 6.01. The SMILES string of the molecule is C=CCNC(=O)N(CC)[C@H]1CCN(c2ccccc2)C1=O. The predicted octanol–water partition coefficient (Wildman–Crippen LogP) is 2.01. The Labute approximate surface area is 125 Å². The summed E-state index contributed by atoms with van der Waals surface area (Å²) in [6, 6.07) is 8.95. The van der Waals surface area contributed by atoms with Crippen LogP contribution >= 0.6 is 0 Å². The zero-order chi connectivity index (χ0) is 15.2. The zero-order valence-electron chi connectivity index (χ0n) is 12.3. The minimum absolute atomic E-state index is 0.0168. The molecule has 0 aliphatic carbocycles. The first kappa shape index (κ1) is 15.1. The number of hydrogen-bond donors (Lipinski definition) is 1. The lowest BCUT2D eigenvalue weighted by molar-refractivity contribution is -0.120. The third-order valence-corrected chi connectivity index (χ3v) is 3.62. The maximum Gasteiger partial charge on any atom is 0.318 e. The van der Waals surface area contributed by atoms with Crippen molar-refractivity contribution >= 4 is 17.6 Å². The van der Waals surface area contributed by atoms with Gasteiger partial charge in [-0.1, -0.05) is 24.3 Å². The van der Waals surface area contributed by atoms with E-state index < -0.39 is 0 Å². The topological polar surface area (TPSA) is 52.7 Å². The lowest BCUT2D eigenvalue weighted by Gasteiger charge is -2.27. The van der Waals surface area contributed by atoms with E-state index in [9.17, 15) is 9.59 Å². The molecular formula is C16H21N3O2. The van der Waals surface area contributed by atoms with Crippen LogP contribution in [0.15, 0.2) is 43.0 Å². The summed E-state index contributed by atoms with van der Waals surface area (Å²) in [5.74, 6) is -0.0168. The molecule has 5 heteroatoms. The maximum absolute atomic E-state index is 12.6. The Morgan fingerprint density at radius 2 is 2.19 bits per heavy atom. The fraction of sp³-hybridized carbons (Fsp3) is 0.375. The average molecular weight is 287 g/mol. The van der Waals surface area contributed by atoms with E-state index in [1.165, 1.54) is 0 Å². The summed E-state index contributed by atoms with van der Waals surface area (Å²) < 4.78 is 0. The van der Waals surface area contributed by atoms with Crippen molar-refractivity contribution in [1.82, 2.24) is 10.2 Å². The monoisotopic (exact) mass is 287 g/mol. The van der Waals surface area contributed by atoms with E-state index in [-0.39, 0.29) is 18.0 Å². The molecule has 5 nitrogen and oxygen atoms in total. The number of carbonyl (C=O) groups excluding carboxylic acids is 2. The van der Waals surface area contributed by atoms with Gasteiger partial charge in [0.1, 0.15) is 6.04 Å². The molecule has 1 aromatic carbocycles. The van der Waals surface area contributed by atoms with Gasteiger partial charge in [-0.25, -0.2) is 4.79 Å². The van der Waals surface area contributed by atoms with Gasteiger partial charge in [0.2, 0.25) is 5.91 Å². The zero-order valence-corrected chi connectivity index (χ0v) is 12.3.